The van der Waals surface area contributed by atoms with E-state index in [1.54, 1.807) is 30.3 Å². The lowest BCUT2D eigenvalue weighted by molar-refractivity contribution is -0.121. The lowest BCUT2D eigenvalue weighted by Gasteiger charge is -2.22. The standard InChI is InChI=1S/C19H22Cl2N2O3S/c1-3-10-22-19(24)13-23(12-15-6-7-16(20)11-18(15)21)27(25,26)17-8-4-14(2)5-9-17/h4-9,11H,3,10,12-13H2,1-2H3,(H,22,24). The van der Waals surface area contributed by atoms with Gasteiger partial charge in [-0.15, -0.1) is 0 Å². The van der Waals surface area contributed by atoms with Gasteiger partial charge in [0.15, 0.2) is 0 Å². The van der Waals surface area contributed by atoms with Crippen molar-refractivity contribution in [2.24, 2.45) is 0 Å². The Kier molecular flexibility index (Phi) is 7.68. The summed E-state index contributed by atoms with van der Waals surface area (Å²) in [4.78, 5) is 12.3. The normalized spacial score (nSPS) is 11.6. The molecule has 0 unspecified atom stereocenters. The first kappa shape index (κ1) is 21.7. The topological polar surface area (TPSA) is 66.5 Å². The van der Waals surface area contributed by atoms with Crippen LogP contribution in [0.2, 0.25) is 10.0 Å². The van der Waals surface area contributed by atoms with Crippen molar-refractivity contribution < 1.29 is 13.2 Å². The largest absolute Gasteiger partial charge is 0.355 e. The van der Waals surface area contributed by atoms with Gasteiger partial charge in [0.25, 0.3) is 0 Å². The number of carbonyl (C=O) groups is 1. The van der Waals surface area contributed by atoms with Crippen LogP contribution in [0.25, 0.3) is 0 Å². The van der Waals surface area contributed by atoms with E-state index in [1.165, 1.54) is 12.1 Å². The second-order valence-corrected chi connectivity index (χ2v) is 8.95. The molecule has 2 aromatic rings. The summed E-state index contributed by atoms with van der Waals surface area (Å²) in [5.74, 6) is -0.363. The number of amides is 1. The summed E-state index contributed by atoms with van der Waals surface area (Å²) in [5, 5.41) is 3.51. The van der Waals surface area contributed by atoms with Crippen molar-refractivity contribution in [2.45, 2.75) is 31.7 Å². The average Bonchev–Trinajstić information content (AvgIpc) is 2.61. The summed E-state index contributed by atoms with van der Waals surface area (Å²) in [6.07, 6.45) is 0.763. The minimum absolute atomic E-state index is 0.0360. The molecule has 0 saturated carbocycles. The Bertz CT molecular complexity index is 900. The Morgan fingerprint density at radius 1 is 1.11 bits per heavy atom. The van der Waals surface area contributed by atoms with E-state index in [-0.39, 0.29) is 23.9 Å². The SMILES string of the molecule is CCCNC(=O)CN(Cc1ccc(Cl)cc1Cl)S(=O)(=O)c1ccc(C)cc1. The summed E-state index contributed by atoms with van der Waals surface area (Å²) in [6, 6.07) is 11.3. The molecule has 8 heteroatoms. The quantitative estimate of drug-likeness (QED) is 0.690. The van der Waals surface area contributed by atoms with E-state index < -0.39 is 10.0 Å². The van der Waals surface area contributed by atoms with Gasteiger partial charge in [0, 0.05) is 23.1 Å². The second kappa shape index (κ2) is 9.55. The van der Waals surface area contributed by atoms with E-state index in [9.17, 15) is 13.2 Å². The molecule has 0 fully saturated rings. The lowest BCUT2D eigenvalue weighted by Crippen LogP contribution is -2.40. The molecule has 0 aromatic heterocycles. The number of nitrogens with zero attached hydrogens (tertiary/aromatic N) is 1. The highest BCUT2D eigenvalue weighted by atomic mass is 35.5. The van der Waals surface area contributed by atoms with Crippen molar-refractivity contribution in [1.82, 2.24) is 9.62 Å². The van der Waals surface area contributed by atoms with E-state index in [4.69, 9.17) is 23.2 Å². The number of halogens is 2. The third kappa shape index (κ3) is 5.94. The van der Waals surface area contributed by atoms with Crippen LogP contribution < -0.4 is 5.32 Å². The molecular weight excluding hydrogens is 407 g/mol. The van der Waals surface area contributed by atoms with Gasteiger partial charge in [0.05, 0.1) is 11.4 Å². The maximum Gasteiger partial charge on any atom is 0.243 e. The van der Waals surface area contributed by atoms with Crippen LogP contribution in [0.5, 0.6) is 0 Å². The summed E-state index contributed by atoms with van der Waals surface area (Å²) in [5.41, 5.74) is 1.52. The zero-order valence-electron chi connectivity index (χ0n) is 15.2. The van der Waals surface area contributed by atoms with Crippen LogP contribution in [0.15, 0.2) is 47.4 Å². The van der Waals surface area contributed by atoms with Crippen molar-refractivity contribution in [3.63, 3.8) is 0 Å². The van der Waals surface area contributed by atoms with Crippen molar-refractivity contribution in [1.29, 1.82) is 0 Å². The highest BCUT2D eigenvalue weighted by Crippen LogP contribution is 2.25. The third-order valence-corrected chi connectivity index (χ3v) is 6.31. The van der Waals surface area contributed by atoms with Crippen molar-refractivity contribution in [2.75, 3.05) is 13.1 Å². The van der Waals surface area contributed by atoms with Gasteiger partial charge in [-0.3, -0.25) is 4.79 Å². The summed E-state index contributed by atoms with van der Waals surface area (Å²) in [7, 11) is -3.88. The van der Waals surface area contributed by atoms with E-state index in [1.807, 2.05) is 13.8 Å². The zero-order chi connectivity index (χ0) is 20.0. The number of carbonyl (C=O) groups excluding carboxylic acids is 1. The minimum atomic E-state index is -3.88. The fraction of sp³-hybridized carbons (Fsp3) is 0.316. The first-order chi connectivity index (χ1) is 12.7. The monoisotopic (exact) mass is 428 g/mol. The molecule has 2 rings (SSSR count). The highest BCUT2D eigenvalue weighted by Gasteiger charge is 2.27. The van der Waals surface area contributed by atoms with Crippen LogP contribution >= 0.6 is 23.2 Å². The number of hydrogen-bond donors (Lipinski definition) is 1. The molecule has 2 aromatic carbocycles. The minimum Gasteiger partial charge on any atom is -0.355 e. The molecule has 0 saturated heterocycles. The fourth-order valence-electron chi connectivity index (χ4n) is 2.41. The maximum atomic E-state index is 13.1. The van der Waals surface area contributed by atoms with Gasteiger partial charge in [-0.05, 0) is 43.2 Å². The first-order valence-electron chi connectivity index (χ1n) is 8.51. The van der Waals surface area contributed by atoms with E-state index >= 15 is 0 Å². The number of sulfonamides is 1. The fourth-order valence-corrected chi connectivity index (χ4v) is 4.25. The molecule has 146 valence electrons. The van der Waals surface area contributed by atoms with Crippen LogP contribution in [0.3, 0.4) is 0 Å². The van der Waals surface area contributed by atoms with E-state index in [0.717, 1.165) is 16.3 Å². The van der Waals surface area contributed by atoms with Gasteiger partial charge in [-0.1, -0.05) is 53.9 Å². The molecule has 0 aliphatic carbocycles. The Morgan fingerprint density at radius 3 is 2.37 bits per heavy atom. The smallest absolute Gasteiger partial charge is 0.243 e. The Hall–Kier alpha value is -1.60. The molecule has 1 N–H and O–H groups in total. The maximum absolute atomic E-state index is 13.1. The number of benzene rings is 2. The van der Waals surface area contributed by atoms with Gasteiger partial charge < -0.3 is 5.32 Å². The van der Waals surface area contributed by atoms with Gasteiger partial charge in [-0.25, -0.2) is 8.42 Å². The van der Waals surface area contributed by atoms with Gasteiger partial charge >= 0.3 is 0 Å². The summed E-state index contributed by atoms with van der Waals surface area (Å²) in [6.45, 7) is 3.95. The molecule has 5 nitrogen and oxygen atoms in total. The van der Waals surface area contributed by atoms with E-state index in [2.05, 4.69) is 5.32 Å². The van der Waals surface area contributed by atoms with Crippen molar-refractivity contribution >= 4 is 39.1 Å². The van der Waals surface area contributed by atoms with Gasteiger partial charge in [0.1, 0.15) is 0 Å². The highest BCUT2D eigenvalue weighted by molar-refractivity contribution is 7.89. The number of hydrogen-bond acceptors (Lipinski definition) is 3. The lowest BCUT2D eigenvalue weighted by atomic mass is 10.2. The van der Waals surface area contributed by atoms with Crippen LogP contribution in [0.1, 0.15) is 24.5 Å². The molecule has 0 bridgehead atoms. The molecule has 0 heterocycles. The predicted octanol–water partition coefficient (Wildman–Crippen LogP) is 4.02. The first-order valence-corrected chi connectivity index (χ1v) is 10.7. The summed E-state index contributed by atoms with van der Waals surface area (Å²) < 4.78 is 27.3. The van der Waals surface area contributed by atoms with Crippen LogP contribution in [-0.2, 0) is 21.4 Å². The van der Waals surface area contributed by atoms with Gasteiger partial charge in [0.2, 0.25) is 15.9 Å². The molecule has 0 aliphatic heterocycles. The van der Waals surface area contributed by atoms with Gasteiger partial charge in [-0.2, -0.15) is 4.31 Å². The number of nitrogens with one attached hydrogen (secondary N) is 1. The van der Waals surface area contributed by atoms with Crippen LogP contribution in [-0.4, -0.2) is 31.7 Å². The second-order valence-electron chi connectivity index (χ2n) is 6.17. The van der Waals surface area contributed by atoms with E-state index in [0.29, 0.717) is 22.2 Å². The third-order valence-electron chi connectivity index (χ3n) is 3.91. The van der Waals surface area contributed by atoms with Crippen molar-refractivity contribution in [3.8, 4) is 0 Å². The van der Waals surface area contributed by atoms with Crippen LogP contribution in [0.4, 0.5) is 0 Å². The molecule has 1 amide bonds. The molecule has 0 aliphatic rings. The Morgan fingerprint density at radius 2 is 1.78 bits per heavy atom. The zero-order valence-corrected chi connectivity index (χ0v) is 17.5. The van der Waals surface area contributed by atoms with Crippen LogP contribution in [0, 0.1) is 6.92 Å². The Labute approximate surface area is 170 Å². The molecule has 0 atom stereocenters. The number of aryl methyl sites for hydroxylation is 1. The molecule has 0 radical (unpaired) electrons. The summed E-state index contributed by atoms with van der Waals surface area (Å²) >= 11 is 12.1. The molecular formula is C19H22Cl2N2O3S. The number of rotatable bonds is 8. The molecule has 0 spiro atoms. The molecule has 27 heavy (non-hydrogen) atoms. The predicted molar refractivity (Wildman–Crippen MR) is 109 cm³/mol. The van der Waals surface area contributed by atoms with Crippen molar-refractivity contribution in [3.05, 3.63) is 63.6 Å². The Balaban J connectivity index is 2.36. The average molecular weight is 429 g/mol.